The lowest BCUT2D eigenvalue weighted by Crippen LogP contribution is -2.27. The number of nitrogens with zero attached hydrogens (tertiary/aromatic N) is 2. The molecule has 0 saturated heterocycles. The van der Waals surface area contributed by atoms with Gasteiger partial charge in [-0.1, -0.05) is 0 Å². The van der Waals surface area contributed by atoms with E-state index in [0.717, 1.165) is 12.8 Å². The first-order valence-electron chi connectivity index (χ1n) is 4.84. The minimum absolute atomic E-state index is 0.154. The number of ether oxygens (including phenoxy) is 1. The van der Waals surface area contributed by atoms with E-state index in [1.165, 1.54) is 12.5 Å². The summed E-state index contributed by atoms with van der Waals surface area (Å²) >= 11 is 0. The lowest BCUT2D eigenvalue weighted by Gasteiger charge is -2.29. The van der Waals surface area contributed by atoms with E-state index >= 15 is 0 Å². The van der Waals surface area contributed by atoms with E-state index in [1.54, 1.807) is 0 Å². The Morgan fingerprint density at radius 2 is 2.53 bits per heavy atom. The molecular formula is C10H11N3O2. The summed E-state index contributed by atoms with van der Waals surface area (Å²) in [5.74, 6) is 0.121. The first kappa shape index (κ1) is 9.71. The summed E-state index contributed by atoms with van der Waals surface area (Å²) in [5, 5.41) is 8.56. The van der Waals surface area contributed by atoms with Gasteiger partial charge in [-0.25, -0.2) is 9.78 Å². The minimum Gasteiger partial charge on any atom is -0.461 e. The Morgan fingerprint density at radius 1 is 1.73 bits per heavy atom. The SMILES string of the molecule is N#CC1CC(COC(=O)c2cnc[nH]2)C1. The first-order valence-corrected chi connectivity index (χ1v) is 4.84. The quantitative estimate of drug-likeness (QED) is 0.750. The Balaban J connectivity index is 1.72. The molecule has 0 aliphatic heterocycles. The van der Waals surface area contributed by atoms with Crippen LogP contribution in [0.2, 0.25) is 0 Å². The lowest BCUT2D eigenvalue weighted by atomic mass is 9.76. The van der Waals surface area contributed by atoms with Crippen molar-refractivity contribution in [3.8, 4) is 6.07 Å². The third kappa shape index (κ3) is 2.15. The van der Waals surface area contributed by atoms with Crippen LogP contribution in [0.15, 0.2) is 12.5 Å². The number of hydrogen-bond donors (Lipinski definition) is 1. The minimum atomic E-state index is -0.382. The van der Waals surface area contributed by atoms with Crippen molar-refractivity contribution < 1.29 is 9.53 Å². The molecule has 1 N–H and O–H groups in total. The monoisotopic (exact) mass is 205 g/mol. The molecule has 1 aliphatic carbocycles. The molecule has 1 aromatic rings. The molecule has 0 amide bonds. The second kappa shape index (κ2) is 4.13. The number of aromatic amines is 1. The molecule has 5 nitrogen and oxygen atoms in total. The Labute approximate surface area is 87.1 Å². The van der Waals surface area contributed by atoms with Crippen LogP contribution in [0, 0.1) is 23.2 Å². The van der Waals surface area contributed by atoms with Gasteiger partial charge >= 0.3 is 5.97 Å². The molecule has 1 fully saturated rings. The van der Waals surface area contributed by atoms with E-state index in [1.807, 2.05) is 0 Å². The van der Waals surface area contributed by atoms with E-state index in [0.29, 0.717) is 18.2 Å². The van der Waals surface area contributed by atoms with E-state index in [-0.39, 0.29) is 11.9 Å². The van der Waals surface area contributed by atoms with Gasteiger partial charge in [0.2, 0.25) is 0 Å². The summed E-state index contributed by atoms with van der Waals surface area (Å²) in [7, 11) is 0. The fourth-order valence-electron chi connectivity index (χ4n) is 1.62. The second-order valence-corrected chi connectivity index (χ2v) is 3.73. The number of nitrogens with one attached hydrogen (secondary N) is 1. The molecule has 1 aliphatic rings. The van der Waals surface area contributed by atoms with Gasteiger partial charge < -0.3 is 9.72 Å². The van der Waals surface area contributed by atoms with Crippen molar-refractivity contribution in [1.29, 1.82) is 5.26 Å². The van der Waals surface area contributed by atoms with Crippen molar-refractivity contribution >= 4 is 5.97 Å². The molecule has 1 heterocycles. The highest BCUT2D eigenvalue weighted by molar-refractivity contribution is 5.86. The molecule has 0 aromatic carbocycles. The maximum atomic E-state index is 11.3. The zero-order chi connectivity index (χ0) is 10.7. The van der Waals surface area contributed by atoms with Crippen LogP contribution in [-0.2, 0) is 4.74 Å². The Hall–Kier alpha value is -1.83. The number of nitriles is 1. The zero-order valence-corrected chi connectivity index (χ0v) is 8.14. The van der Waals surface area contributed by atoms with Crippen LogP contribution in [0.1, 0.15) is 23.3 Å². The third-order valence-corrected chi connectivity index (χ3v) is 2.59. The largest absolute Gasteiger partial charge is 0.461 e. The number of esters is 1. The molecule has 1 aromatic heterocycles. The summed E-state index contributed by atoms with van der Waals surface area (Å²) in [5.41, 5.74) is 0.367. The van der Waals surface area contributed by atoms with Gasteiger partial charge in [0.25, 0.3) is 0 Å². The molecule has 78 valence electrons. The molecule has 0 radical (unpaired) electrons. The molecular weight excluding hydrogens is 194 g/mol. The predicted octanol–water partition coefficient (Wildman–Crippen LogP) is 1.12. The number of carbonyl (C=O) groups is 1. The number of H-pyrrole nitrogens is 1. The summed E-state index contributed by atoms with van der Waals surface area (Å²) < 4.78 is 5.06. The maximum Gasteiger partial charge on any atom is 0.356 e. The van der Waals surface area contributed by atoms with Crippen LogP contribution in [0.5, 0.6) is 0 Å². The summed E-state index contributed by atoms with van der Waals surface area (Å²) in [6, 6.07) is 2.19. The van der Waals surface area contributed by atoms with E-state index in [9.17, 15) is 4.79 Å². The van der Waals surface area contributed by atoms with Crippen molar-refractivity contribution in [1.82, 2.24) is 9.97 Å². The number of carbonyl (C=O) groups excluding carboxylic acids is 1. The topological polar surface area (TPSA) is 78.8 Å². The van der Waals surface area contributed by atoms with Crippen LogP contribution >= 0.6 is 0 Å². The van der Waals surface area contributed by atoms with Gasteiger partial charge in [0.1, 0.15) is 5.69 Å². The highest BCUT2D eigenvalue weighted by Crippen LogP contribution is 2.33. The average molecular weight is 205 g/mol. The molecule has 0 spiro atoms. The van der Waals surface area contributed by atoms with Crippen molar-refractivity contribution in [2.24, 2.45) is 11.8 Å². The predicted molar refractivity (Wildman–Crippen MR) is 50.7 cm³/mol. The normalized spacial score (nSPS) is 23.9. The highest BCUT2D eigenvalue weighted by atomic mass is 16.5. The molecule has 1 saturated carbocycles. The lowest BCUT2D eigenvalue weighted by molar-refractivity contribution is 0.0325. The standard InChI is InChI=1S/C10H11N3O2/c11-3-7-1-8(2-7)5-15-10(14)9-4-12-6-13-9/h4,6-8H,1-2,5H2,(H,12,13). The van der Waals surface area contributed by atoms with E-state index < -0.39 is 0 Å². The third-order valence-electron chi connectivity index (χ3n) is 2.59. The van der Waals surface area contributed by atoms with Crippen LogP contribution < -0.4 is 0 Å². The van der Waals surface area contributed by atoms with Crippen molar-refractivity contribution in [3.63, 3.8) is 0 Å². The van der Waals surface area contributed by atoms with Crippen molar-refractivity contribution in [2.75, 3.05) is 6.61 Å². The number of imidazole rings is 1. The molecule has 0 atom stereocenters. The Bertz CT molecular complexity index is 374. The van der Waals surface area contributed by atoms with Crippen LogP contribution in [0.3, 0.4) is 0 Å². The number of hydrogen-bond acceptors (Lipinski definition) is 4. The average Bonchev–Trinajstić information content (AvgIpc) is 2.68. The summed E-state index contributed by atoms with van der Waals surface area (Å²) in [4.78, 5) is 17.8. The van der Waals surface area contributed by atoms with Crippen LogP contribution in [0.25, 0.3) is 0 Å². The number of rotatable bonds is 3. The molecule has 15 heavy (non-hydrogen) atoms. The van der Waals surface area contributed by atoms with Crippen LogP contribution in [0.4, 0.5) is 0 Å². The van der Waals surface area contributed by atoms with Gasteiger partial charge in [0.15, 0.2) is 0 Å². The van der Waals surface area contributed by atoms with Crippen molar-refractivity contribution in [3.05, 3.63) is 18.2 Å². The Morgan fingerprint density at radius 3 is 3.13 bits per heavy atom. The summed E-state index contributed by atoms with van der Waals surface area (Å²) in [6.45, 7) is 0.399. The van der Waals surface area contributed by atoms with Gasteiger partial charge in [-0.3, -0.25) is 0 Å². The number of aromatic nitrogens is 2. The first-order chi connectivity index (χ1) is 7.29. The highest BCUT2D eigenvalue weighted by Gasteiger charge is 2.30. The van der Waals surface area contributed by atoms with Gasteiger partial charge in [0.05, 0.1) is 25.2 Å². The maximum absolute atomic E-state index is 11.3. The molecule has 0 bridgehead atoms. The van der Waals surface area contributed by atoms with Gasteiger partial charge in [-0.15, -0.1) is 0 Å². The second-order valence-electron chi connectivity index (χ2n) is 3.73. The van der Waals surface area contributed by atoms with E-state index in [2.05, 4.69) is 16.0 Å². The van der Waals surface area contributed by atoms with Crippen molar-refractivity contribution in [2.45, 2.75) is 12.8 Å². The zero-order valence-electron chi connectivity index (χ0n) is 8.14. The fraction of sp³-hybridized carbons (Fsp3) is 0.500. The Kier molecular flexibility index (Phi) is 2.68. The molecule has 5 heteroatoms. The fourth-order valence-corrected chi connectivity index (χ4v) is 1.62. The summed E-state index contributed by atoms with van der Waals surface area (Å²) in [6.07, 6.45) is 4.55. The smallest absolute Gasteiger partial charge is 0.356 e. The van der Waals surface area contributed by atoms with Gasteiger partial charge in [0, 0.05) is 5.92 Å². The van der Waals surface area contributed by atoms with Gasteiger partial charge in [-0.05, 0) is 18.8 Å². The van der Waals surface area contributed by atoms with Crippen LogP contribution in [-0.4, -0.2) is 22.5 Å². The molecule has 2 rings (SSSR count). The van der Waals surface area contributed by atoms with Gasteiger partial charge in [-0.2, -0.15) is 5.26 Å². The molecule has 0 unspecified atom stereocenters. The van der Waals surface area contributed by atoms with E-state index in [4.69, 9.17) is 10.00 Å².